The summed E-state index contributed by atoms with van der Waals surface area (Å²) in [5.74, 6) is 12.1. The van der Waals surface area contributed by atoms with Crippen LogP contribution < -0.4 is 16.8 Å². The lowest BCUT2D eigenvalue weighted by Gasteiger charge is -2.15. The Morgan fingerprint density at radius 1 is 1.35 bits per heavy atom. The van der Waals surface area contributed by atoms with Gasteiger partial charge in [0, 0.05) is 5.56 Å². The summed E-state index contributed by atoms with van der Waals surface area (Å²) in [7, 11) is 0. The molecule has 1 aromatic heterocycles. The molecule has 4 N–H and O–H groups in total. The maximum atomic E-state index is 5.71. The van der Waals surface area contributed by atoms with Gasteiger partial charge in [-0.15, -0.1) is 0 Å². The molecule has 2 aromatic rings. The van der Waals surface area contributed by atoms with E-state index in [0.29, 0.717) is 12.4 Å². The number of aromatic nitrogens is 2. The van der Waals surface area contributed by atoms with E-state index >= 15 is 0 Å². The molecule has 0 unspecified atom stereocenters. The number of hydrazine groups is 2. The van der Waals surface area contributed by atoms with Crippen LogP contribution in [-0.4, -0.2) is 9.78 Å². The quantitative estimate of drug-likeness (QED) is 0.495. The van der Waals surface area contributed by atoms with Crippen LogP contribution in [0.2, 0.25) is 0 Å². The van der Waals surface area contributed by atoms with E-state index in [2.05, 4.69) is 11.7 Å². The van der Waals surface area contributed by atoms with Crippen molar-refractivity contribution in [1.29, 1.82) is 0 Å². The van der Waals surface area contributed by atoms with Gasteiger partial charge in [0.05, 0.1) is 12.7 Å². The normalized spacial score (nSPS) is 10.9. The van der Waals surface area contributed by atoms with Crippen LogP contribution in [0.25, 0.3) is 6.08 Å². The Labute approximate surface area is 118 Å². The van der Waals surface area contributed by atoms with Crippen LogP contribution in [0.4, 0.5) is 5.82 Å². The fraction of sp³-hybridized carbons (Fsp3) is 0.133. The van der Waals surface area contributed by atoms with Crippen molar-refractivity contribution < 1.29 is 0 Å². The third-order valence-corrected chi connectivity index (χ3v) is 2.81. The lowest BCUT2D eigenvalue weighted by atomic mass is 10.2. The third kappa shape index (κ3) is 3.34. The van der Waals surface area contributed by atoms with Crippen LogP contribution in [0.1, 0.15) is 18.1 Å². The fourth-order valence-corrected chi connectivity index (χ4v) is 1.90. The molecule has 2 rings (SSSR count). The van der Waals surface area contributed by atoms with Gasteiger partial charge in [-0.1, -0.05) is 48.6 Å². The monoisotopic (exact) mass is 269 g/mol. The predicted molar refractivity (Wildman–Crippen MR) is 82.5 cm³/mol. The van der Waals surface area contributed by atoms with Crippen LogP contribution in [0, 0.1) is 0 Å². The van der Waals surface area contributed by atoms with E-state index in [9.17, 15) is 0 Å². The lowest BCUT2D eigenvalue weighted by Crippen LogP contribution is -2.40. The minimum atomic E-state index is 0.613. The van der Waals surface area contributed by atoms with Gasteiger partial charge in [0.1, 0.15) is 0 Å². The van der Waals surface area contributed by atoms with Crippen molar-refractivity contribution in [3.63, 3.8) is 0 Å². The van der Waals surface area contributed by atoms with Crippen molar-refractivity contribution in [2.24, 2.45) is 11.7 Å². The molecule has 104 valence electrons. The zero-order chi connectivity index (χ0) is 14.5. The van der Waals surface area contributed by atoms with Crippen molar-refractivity contribution >= 4 is 11.9 Å². The molecule has 0 aliphatic rings. The minimum absolute atomic E-state index is 0.613. The molecule has 5 heteroatoms. The smallest absolute Gasteiger partial charge is 0.164 e. The highest BCUT2D eigenvalue weighted by Crippen LogP contribution is 2.20. The van der Waals surface area contributed by atoms with Gasteiger partial charge < -0.3 is 0 Å². The standard InChI is InChI=1S/C15H19N5/c1-12(2)8-9-14-10-18-19(15(14)20(16)17)11-13-6-4-3-5-7-13/h3-10H,1,11,16-17H2,2H3/b9-8-. The number of benzene rings is 1. The van der Waals surface area contributed by atoms with Crippen molar-refractivity contribution in [2.45, 2.75) is 13.5 Å². The summed E-state index contributed by atoms with van der Waals surface area (Å²) in [6.45, 7) is 6.37. The van der Waals surface area contributed by atoms with Gasteiger partial charge in [0.15, 0.2) is 5.82 Å². The first-order valence-corrected chi connectivity index (χ1v) is 6.31. The zero-order valence-corrected chi connectivity index (χ0v) is 11.5. The first-order chi connectivity index (χ1) is 9.58. The second-order valence-corrected chi connectivity index (χ2v) is 4.65. The molecule has 0 atom stereocenters. The van der Waals surface area contributed by atoms with Crippen LogP contribution in [0.3, 0.4) is 0 Å². The Hall–Kier alpha value is -2.37. The van der Waals surface area contributed by atoms with Gasteiger partial charge in [0.2, 0.25) is 0 Å². The first kappa shape index (κ1) is 14.0. The van der Waals surface area contributed by atoms with Gasteiger partial charge in [-0.2, -0.15) is 5.10 Å². The molecule has 0 saturated carbocycles. The van der Waals surface area contributed by atoms with Gasteiger partial charge in [0.25, 0.3) is 0 Å². The molecule has 0 amide bonds. The number of hydrogen-bond donors (Lipinski definition) is 2. The second-order valence-electron chi connectivity index (χ2n) is 4.65. The van der Waals surface area contributed by atoms with Crippen LogP contribution in [0.15, 0.2) is 54.8 Å². The van der Waals surface area contributed by atoms with E-state index in [1.165, 1.54) is 0 Å². The van der Waals surface area contributed by atoms with E-state index < -0.39 is 0 Å². The summed E-state index contributed by atoms with van der Waals surface area (Å²) in [4.78, 5) is 0. The topological polar surface area (TPSA) is 73.1 Å². The van der Waals surface area contributed by atoms with Gasteiger partial charge in [-0.05, 0) is 18.6 Å². The molecule has 0 fully saturated rings. The summed E-state index contributed by atoms with van der Waals surface area (Å²) >= 11 is 0. The second kappa shape index (κ2) is 6.18. The zero-order valence-electron chi connectivity index (χ0n) is 11.5. The third-order valence-electron chi connectivity index (χ3n) is 2.81. The fourth-order valence-electron chi connectivity index (χ4n) is 1.90. The van der Waals surface area contributed by atoms with Crippen LogP contribution in [0.5, 0.6) is 0 Å². The largest absolute Gasteiger partial charge is 0.242 e. The maximum absolute atomic E-state index is 5.71. The van der Waals surface area contributed by atoms with E-state index in [1.807, 2.05) is 49.4 Å². The molecule has 0 bridgehead atoms. The Morgan fingerprint density at radius 3 is 2.65 bits per heavy atom. The number of allylic oxidation sites excluding steroid dienone is 2. The molecule has 0 aliphatic heterocycles. The Kier molecular flexibility index (Phi) is 4.34. The Balaban J connectivity index is 2.32. The number of nitrogens with zero attached hydrogens (tertiary/aromatic N) is 3. The molecular formula is C15H19N5. The molecule has 1 aromatic carbocycles. The maximum Gasteiger partial charge on any atom is 0.164 e. The molecule has 20 heavy (non-hydrogen) atoms. The highest BCUT2D eigenvalue weighted by molar-refractivity contribution is 5.64. The Morgan fingerprint density at radius 2 is 2.05 bits per heavy atom. The molecule has 0 aliphatic carbocycles. The summed E-state index contributed by atoms with van der Waals surface area (Å²) in [5, 5.41) is 5.44. The summed E-state index contributed by atoms with van der Waals surface area (Å²) in [6, 6.07) is 10.0. The SMILES string of the molecule is C=C(C)/C=C\c1cnn(Cc2ccccc2)c1N(N)N. The average molecular weight is 269 g/mol. The summed E-state index contributed by atoms with van der Waals surface area (Å²) < 4.78 is 1.77. The van der Waals surface area contributed by atoms with Crippen molar-refractivity contribution in [3.05, 3.63) is 65.9 Å². The molecule has 0 radical (unpaired) electrons. The Bertz CT molecular complexity index is 610. The van der Waals surface area contributed by atoms with Gasteiger partial charge in [-0.25, -0.2) is 21.5 Å². The highest BCUT2D eigenvalue weighted by atomic mass is 15.6. The van der Waals surface area contributed by atoms with E-state index in [0.717, 1.165) is 21.8 Å². The van der Waals surface area contributed by atoms with Crippen LogP contribution in [-0.2, 0) is 6.54 Å². The number of rotatable bonds is 5. The highest BCUT2D eigenvalue weighted by Gasteiger charge is 2.12. The van der Waals surface area contributed by atoms with E-state index in [4.69, 9.17) is 11.7 Å². The molecule has 0 spiro atoms. The van der Waals surface area contributed by atoms with E-state index in [1.54, 1.807) is 10.9 Å². The molecule has 1 heterocycles. The average Bonchev–Trinajstić information content (AvgIpc) is 2.80. The van der Waals surface area contributed by atoms with Crippen LogP contribution >= 0.6 is 0 Å². The van der Waals surface area contributed by atoms with Gasteiger partial charge in [-0.3, -0.25) is 0 Å². The number of nitrogens with two attached hydrogens (primary N) is 2. The van der Waals surface area contributed by atoms with Crippen molar-refractivity contribution in [3.8, 4) is 0 Å². The number of anilines is 1. The number of hydrogen-bond acceptors (Lipinski definition) is 4. The van der Waals surface area contributed by atoms with Gasteiger partial charge >= 0.3 is 0 Å². The summed E-state index contributed by atoms with van der Waals surface area (Å²) in [5.41, 5.74) is 2.94. The van der Waals surface area contributed by atoms with E-state index in [-0.39, 0.29) is 0 Å². The molecule has 5 nitrogen and oxygen atoms in total. The lowest BCUT2D eigenvalue weighted by molar-refractivity contribution is 0.665. The predicted octanol–water partition coefficient (Wildman–Crippen LogP) is 2.07. The molecule has 0 saturated heterocycles. The summed E-state index contributed by atoms with van der Waals surface area (Å²) in [6.07, 6.45) is 5.54. The van der Waals surface area contributed by atoms with Crippen molar-refractivity contribution in [2.75, 3.05) is 5.12 Å². The molecular weight excluding hydrogens is 250 g/mol. The van der Waals surface area contributed by atoms with Crippen molar-refractivity contribution in [1.82, 2.24) is 9.78 Å². The minimum Gasteiger partial charge on any atom is -0.242 e. The first-order valence-electron chi connectivity index (χ1n) is 6.31.